The quantitative estimate of drug-likeness (QED) is 0.879. The van der Waals surface area contributed by atoms with Crippen molar-refractivity contribution in [2.24, 2.45) is 0 Å². The molecule has 0 amide bonds. The molecule has 102 valence electrons. The maximum absolute atomic E-state index is 10.9. The predicted molar refractivity (Wildman–Crippen MR) is 75.1 cm³/mol. The maximum Gasteiger partial charge on any atom is 0.147 e. The third-order valence-electron chi connectivity index (χ3n) is 2.51. The SMILES string of the molecule is CS(=O)(=O)CCCC(O)Cc1ccc(Cl)c(Cl)c1. The van der Waals surface area contributed by atoms with Crippen molar-refractivity contribution in [3.05, 3.63) is 33.8 Å². The minimum absolute atomic E-state index is 0.103. The Morgan fingerprint density at radius 1 is 1.28 bits per heavy atom. The van der Waals surface area contributed by atoms with E-state index in [9.17, 15) is 13.5 Å². The molecule has 3 nitrogen and oxygen atoms in total. The summed E-state index contributed by atoms with van der Waals surface area (Å²) in [7, 11) is -2.95. The molecule has 0 fully saturated rings. The molecular formula is C12H16Cl2O3S. The lowest BCUT2D eigenvalue weighted by atomic mass is 10.0. The Hall–Kier alpha value is -0.290. The van der Waals surface area contributed by atoms with Gasteiger partial charge >= 0.3 is 0 Å². The van der Waals surface area contributed by atoms with Gasteiger partial charge in [-0.05, 0) is 37.0 Å². The second-order valence-electron chi connectivity index (χ2n) is 4.38. The summed E-state index contributed by atoms with van der Waals surface area (Å²) < 4.78 is 21.9. The first-order valence-electron chi connectivity index (χ1n) is 5.57. The number of aliphatic hydroxyl groups excluding tert-OH is 1. The summed E-state index contributed by atoms with van der Waals surface area (Å²) in [6.07, 6.45) is 1.98. The van der Waals surface area contributed by atoms with E-state index in [-0.39, 0.29) is 5.75 Å². The lowest BCUT2D eigenvalue weighted by Gasteiger charge is -2.10. The van der Waals surface area contributed by atoms with E-state index in [4.69, 9.17) is 23.2 Å². The van der Waals surface area contributed by atoms with Crippen LogP contribution in [-0.2, 0) is 16.3 Å². The highest BCUT2D eigenvalue weighted by Crippen LogP contribution is 2.23. The summed E-state index contributed by atoms with van der Waals surface area (Å²) >= 11 is 11.7. The van der Waals surface area contributed by atoms with Crippen LogP contribution in [-0.4, -0.2) is 31.6 Å². The monoisotopic (exact) mass is 310 g/mol. The van der Waals surface area contributed by atoms with Gasteiger partial charge in [0.15, 0.2) is 0 Å². The first kappa shape index (κ1) is 15.8. The molecule has 0 saturated carbocycles. The molecule has 1 aromatic rings. The Bertz CT molecular complexity index is 500. The van der Waals surface area contributed by atoms with E-state index in [1.807, 2.05) is 0 Å². The van der Waals surface area contributed by atoms with Gasteiger partial charge in [-0.15, -0.1) is 0 Å². The van der Waals surface area contributed by atoms with Gasteiger partial charge in [-0.25, -0.2) is 8.42 Å². The second kappa shape index (κ2) is 6.75. The zero-order valence-electron chi connectivity index (χ0n) is 10.1. The minimum atomic E-state index is -2.95. The molecule has 0 aromatic heterocycles. The second-order valence-corrected chi connectivity index (χ2v) is 7.45. The number of hydrogen-bond acceptors (Lipinski definition) is 3. The molecule has 1 N–H and O–H groups in total. The molecule has 0 heterocycles. The molecule has 1 atom stereocenters. The van der Waals surface area contributed by atoms with E-state index in [1.54, 1.807) is 18.2 Å². The van der Waals surface area contributed by atoms with Gasteiger partial charge in [-0.2, -0.15) is 0 Å². The fourth-order valence-corrected chi connectivity index (χ4v) is 2.63. The van der Waals surface area contributed by atoms with Crippen molar-refractivity contribution >= 4 is 33.0 Å². The van der Waals surface area contributed by atoms with Crippen LogP contribution in [0.3, 0.4) is 0 Å². The van der Waals surface area contributed by atoms with E-state index in [0.29, 0.717) is 29.3 Å². The van der Waals surface area contributed by atoms with Crippen molar-refractivity contribution in [3.63, 3.8) is 0 Å². The molecule has 0 aliphatic rings. The van der Waals surface area contributed by atoms with Gasteiger partial charge in [-0.1, -0.05) is 29.3 Å². The molecule has 1 aromatic carbocycles. The van der Waals surface area contributed by atoms with Gasteiger partial charge in [0.25, 0.3) is 0 Å². The molecule has 18 heavy (non-hydrogen) atoms. The highest BCUT2D eigenvalue weighted by atomic mass is 35.5. The van der Waals surface area contributed by atoms with Gasteiger partial charge in [-0.3, -0.25) is 0 Å². The van der Waals surface area contributed by atoms with Crippen LogP contribution in [0.15, 0.2) is 18.2 Å². The molecule has 0 aliphatic heterocycles. The standard InChI is InChI=1S/C12H16Cl2O3S/c1-18(16,17)6-2-3-10(15)7-9-4-5-11(13)12(14)8-9/h4-5,8,10,15H,2-3,6-7H2,1H3. The zero-order chi connectivity index (χ0) is 13.8. The van der Waals surface area contributed by atoms with Gasteiger partial charge in [0, 0.05) is 12.0 Å². The molecule has 0 radical (unpaired) electrons. The Labute approximate surface area is 118 Å². The Morgan fingerprint density at radius 3 is 2.50 bits per heavy atom. The lowest BCUT2D eigenvalue weighted by Crippen LogP contribution is -2.13. The van der Waals surface area contributed by atoms with E-state index in [2.05, 4.69) is 0 Å². The fraction of sp³-hybridized carbons (Fsp3) is 0.500. The number of aliphatic hydroxyl groups is 1. The molecule has 1 rings (SSSR count). The van der Waals surface area contributed by atoms with Crippen molar-refractivity contribution in [1.82, 2.24) is 0 Å². The van der Waals surface area contributed by atoms with Crippen LogP contribution in [0.4, 0.5) is 0 Å². The summed E-state index contributed by atoms with van der Waals surface area (Å²) in [5.41, 5.74) is 0.885. The molecule has 0 saturated heterocycles. The van der Waals surface area contributed by atoms with Crippen molar-refractivity contribution in [2.75, 3.05) is 12.0 Å². The van der Waals surface area contributed by atoms with Crippen LogP contribution in [0.5, 0.6) is 0 Å². The summed E-state index contributed by atoms with van der Waals surface area (Å²) in [5.74, 6) is 0.103. The summed E-state index contributed by atoms with van der Waals surface area (Å²) in [4.78, 5) is 0. The topological polar surface area (TPSA) is 54.4 Å². The Morgan fingerprint density at radius 2 is 1.94 bits per heavy atom. The van der Waals surface area contributed by atoms with Crippen LogP contribution in [0, 0.1) is 0 Å². The maximum atomic E-state index is 10.9. The molecule has 6 heteroatoms. The molecule has 0 aliphatic carbocycles. The first-order valence-corrected chi connectivity index (χ1v) is 8.39. The number of benzene rings is 1. The highest BCUT2D eigenvalue weighted by Gasteiger charge is 2.09. The number of halogens is 2. The molecular weight excluding hydrogens is 295 g/mol. The van der Waals surface area contributed by atoms with Crippen LogP contribution in [0.2, 0.25) is 10.0 Å². The van der Waals surface area contributed by atoms with Crippen LogP contribution in [0.25, 0.3) is 0 Å². The minimum Gasteiger partial charge on any atom is -0.393 e. The number of rotatable bonds is 6. The normalized spacial score (nSPS) is 13.6. The summed E-state index contributed by atoms with van der Waals surface area (Å²) in [6.45, 7) is 0. The van der Waals surface area contributed by atoms with Crippen molar-refractivity contribution in [1.29, 1.82) is 0 Å². The fourth-order valence-electron chi connectivity index (χ4n) is 1.62. The van der Waals surface area contributed by atoms with Gasteiger partial charge < -0.3 is 5.11 Å². The van der Waals surface area contributed by atoms with Crippen LogP contribution < -0.4 is 0 Å². The van der Waals surface area contributed by atoms with E-state index >= 15 is 0 Å². The van der Waals surface area contributed by atoms with Gasteiger partial charge in [0.2, 0.25) is 0 Å². The smallest absolute Gasteiger partial charge is 0.147 e. The van der Waals surface area contributed by atoms with Crippen molar-refractivity contribution in [2.45, 2.75) is 25.4 Å². The largest absolute Gasteiger partial charge is 0.393 e. The summed E-state index contributed by atoms with van der Waals surface area (Å²) in [6, 6.07) is 5.19. The molecule has 0 bridgehead atoms. The average molecular weight is 311 g/mol. The zero-order valence-corrected chi connectivity index (χ0v) is 12.4. The van der Waals surface area contributed by atoms with E-state index in [0.717, 1.165) is 5.56 Å². The van der Waals surface area contributed by atoms with Gasteiger partial charge in [0.05, 0.1) is 16.1 Å². The number of sulfone groups is 1. The predicted octanol–water partition coefficient (Wildman–Crippen LogP) is 2.72. The van der Waals surface area contributed by atoms with Crippen LogP contribution >= 0.6 is 23.2 Å². The molecule has 1 unspecified atom stereocenters. The summed E-state index contributed by atoms with van der Waals surface area (Å²) in [5, 5.41) is 10.7. The third kappa shape index (κ3) is 6.05. The molecule has 0 spiro atoms. The average Bonchev–Trinajstić information content (AvgIpc) is 2.21. The van der Waals surface area contributed by atoms with Crippen LogP contribution in [0.1, 0.15) is 18.4 Å². The lowest BCUT2D eigenvalue weighted by molar-refractivity contribution is 0.164. The highest BCUT2D eigenvalue weighted by molar-refractivity contribution is 7.90. The van der Waals surface area contributed by atoms with E-state index < -0.39 is 15.9 Å². The first-order chi connectivity index (χ1) is 8.28. The third-order valence-corrected chi connectivity index (χ3v) is 4.28. The van der Waals surface area contributed by atoms with Crippen molar-refractivity contribution in [3.8, 4) is 0 Å². The van der Waals surface area contributed by atoms with Crippen molar-refractivity contribution < 1.29 is 13.5 Å². The van der Waals surface area contributed by atoms with Gasteiger partial charge in [0.1, 0.15) is 9.84 Å². The van der Waals surface area contributed by atoms with E-state index in [1.165, 1.54) is 6.26 Å². The Balaban J connectivity index is 2.44. The number of hydrogen-bond donors (Lipinski definition) is 1. The Kier molecular flexibility index (Phi) is 5.92.